The lowest BCUT2D eigenvalue weighted by molar-refractivity contribution is -0.159. The number of nitrogens with two attached hydrogens (primary N) is 1. The van der Waals surface area contributed by atoms with Crippen LogP contribution < -0.4 is 5.73 Å². The van der Waals surface area contributed by atoms with Crippen molar-refractivity contribution >= 4 is 17.7 Å². The second-order valence-corrected chi connectivity index (χ2v) is 6.16. The number of hydrogen-bond donors (Lipinski definition) is 2. The molecule has 0 heterocycles. The molecule has 0 rings (SSSR count). The van der Waals surface area contributed by atoms with E-state index in [9.17, 15) is 9.90 Å². The Morgan fingerprint density at radius 1 is 1.41 bits per heavy atom. The number of aliphatic hydroxyl groups is 1. The molecule has 3 N–H and O–H groups in total. The number of rotatable bonds is 8. The van der Waals surface area contributed by atoms with Crippen molar-refractivity contribution in [2.75, 3.05) is 5.75 Å². The lowest BCUT2D eigenvalue weighted by atomic mass is 10.1. The lowest BCUT2D eigenvalue weighted by Gasteiger charge is -2.20. The van der Waals surface area contributed by atoms with Crippen molar-refractivity contribution in [2.45, 2.75) is 64.0 Å². The first-order valence-corrected chi connectivity index (χ1v) is 7.19. The standard InChI is InChI=1S/C12H25NO3S/c1-5-9(4)16-12(15)11(14)10(13)6-7-17-8(2)3/h8-11,14H,5-7,13H2,1-4H3/t9?,10-,11?/m1/s1. The number of hydrogen-bond acceptors (Lipinski definition) is 5. The van der Waals surface area contributed by atoms with Crippen molar-refractivity contribution in [1.29, 1.82) is 0 Å². The molecule has 0 aromatic heterocycles. The van der Waals surface area contributed by atoms with E-state index in [0.29, 0.717) is 11.7 Å². The van der Waals surface area contributed by atoms with E-state index in [1.54, 1.807) is 18.7 Å². The molecule has 0 aliphatic rings. The van der Waals surface area contributed by atoms with Crippen LogP contribution in [-0.4, -0.2) is 40.3 Å². The molecule has 0 radical (unpaired) electrons. The zero-order valence-corrected chi connectivity index (χ0v) is 12.0. The number of thioether (sulfide) groups is 1. The normalized spacial score (nSPS) is 16.6. The molecule has 0 aromatic rings. The van der Waals surface area contributed by atoms with Crippen LogP contribution in [0.1, 0.15) is 40.5 Å². The smallest absolute Gasteiger partial charge is 0.336 e. The fourth-order valence-electron chi connectivity index (χ4n) is 1.12. The summed E-state index contributed by atoms with van der Waals surface area (Å²) >= 11 is 1.76. The van der Waals surface area contributed by atoms with Crippen molar-refractivity contribution < 1.29 is 14.6 Å². The molecule has 3 atom stereocenters. The molecular weight excluding hydrogens is 238 g/mol. The molecule has 2 unspecified atom stereocenters. The van der Waals surface area contributed by atoms with E-state index >= 15 is 0 Å². The van der Waals surface area contributed by atoms with E-state index < -0.39 is 18.1 Å². The number of ether oxygens (including phenoxy) is 1. The second-order valence-electron chi connectivity index (χ2n) is 4.47. The van der Waals surface area contributed by atoms with Gasteiger partial charge < -0.3 is 15.6 Å². The summed E-state index contributed by atoms with van der Waals surface area (Å²) in [6, 6.07) is -0.544. The van der Waals surface area contributed by atoms with Crippen molar-refractivity contribution in [1.82, 2.24) is 0 Å². The number of esters is 1. The third kappa shape index (κ3) is 7.63. The quantitative estimate of drug-likeness (QED) is 0.650. The van der Waals surface area contributed by atoms with Gasteiger partial charge in [0.1, 0.15) is 0 Å². The highest BCUT2D eigenvalue weighted by atomic mass is 32.2. The van der Waals surface area contributed by atoms with Crippen molar-refractivity contribution in [3.63, 3.8) is 0 Å². The van der Waals surface area contributed by atoms with Crippen LogP contribution >= 0.6 is 11.8 Å². The molecular formula is C12H25NO3S. The lowest BCUT2D eigenvalue weighted by Crippen LogP contribution is -2.42. The first kappa shape index (κ1) is 16.7. The van der Waals surface area contributed by atoms with Gasteiger partial charge in [0.25, 0.3) is 0 Å². The molecule has 0 saturated carbocycles. The van der Waals surface area contributed by atoms with Crippen molar-refractivity contribution in [3.8, 4) is 0 Å². The van der Waals surface area contributed by atoms with Gasteiger partial charge in [0.2, 0.25) is 0 Å². The predicted octanol–water partition coefficient (Wildman–Crippen LogP) is 1.55. The maximum Gasteiger partial charge on any atom is 0.336 e. The molecule has 17 heavy (non-hydrogen) atoms. The average molecular weight is 263 g/mol. The summed E-state index contributed by atoms with van der Waals surface area (Å²) in [5.74, 6) is 0.230. The van der Waals surface area contributed by atoms with Gasteiger partial charge in [-0.05, 0) is 30.8 Å². The summed E-state index contributed by atoms with van der Waals surface area (Å²) in [5.41, 5.74) is 5.76. The summed E-state index contributed by atoms with van der Waals surface area (Å²) in [7, 11) is 0. The van der Waals surface area contributed by atoms with Gasteiger partial charge in [-0.3, -0.25) is 0 Å². The van der Waals surface area contributed by atoms with Crippen LogP contribution in [0, 0.1) is 0 Å². The number of carbonyl (C=O) groups excluding carboxylic acids is 1. The molecule has 4 nitrogen and oxygen atoms in total. The van der Waals surface area contributed by atoms with Crippen LogP contribution in [-0.2, 0) is 9.53 Å². The Kier molecular flexibility index (Phi) is 8.64. The van der Waals surface area contributed by atoms with Crippen LogP contribution in [0.2, 0.25) is 0 Å². The Hall–Kier alpha value is -0.260. The largest absolute Gasteiger partial charge is 0.461 e. The van der Waals surface area contributed by atoms with E-state index in [2.05, 4.69) is 13.8 Å². The average Bonchev–Trinajstić information content (AvgIpc) is 2.26. The third-order valence-corrected chi connectivity index (χ3v) is 3.58. The Labute approximate surface area is 108 Å². The van der Waals surface area contributed by atoms with Crippen LogP contribution in [0.3, 0.4) is 0 Å². The zero-order valence-electron chi connectivity index (χ0n) is 11.2. The fourth-order valence-corrected chi connectivity index (χ4v) is 2.00. The highest BCUT2D eigenvalue weighted by Gasteiger charge is 2.25. The summed E-state index contributed by atoms with van der Waals surface area (Å²) in [6.07, 6.45) is -0.0394. The van der Waals surface area contributed by atoms with Gasteiger partial charge in [-0.1, -0.05) is 20.8 Å². The molecule has 5 heteroatoms. The van der Waals surface area contributed by atoms with Gasteiger partial charge in [0.05, 0.1) is 6.10 Å². The van der Waals surface area contributed by atoms with Gasteiger partial charge >= 0.3 is 5.97 Å². The summed E-state index contributed by atoms with van der Waals surface area (Å²) in [4.78, 5) is 11.5. The van der Waals surface area contributed by atoms with E-state index in [1.165, 1.54) is 0 Å². The Morgan fingerprint density at radius 3 is 2.47 bits per heavy atom. The first-order valence-electron chi connectivity index (χ1n) is 6.14. The molecule has 102 valence electrons. The molecule has 0 spiro atoms. The van der Waals surface area contributed by atoms with Crippen molar-refractivity contribution in [3.05, 3.63) is 0 Å². The van der Waals surface area contributed by atoms with Crippen LogP contribution in [0.25, 0.3) is 0 Å². The van der Waals surface area contributed by atoms with Crippen molar-refractivity contribution in [2.24, 2.45) is 5.73 Å². The molecule has 0 fully saturated rings. The summed E-state index contributed by atoms with van der Waals surface area (Å²) < 4.78 is 5.03. The van der Waals surface area contributed by atoms with Crippen LogP contribution in [0.15, 0.2) is 0 Å². The monoisotopic (exact) mass is 263 g/mol. The van der Waals surface area contributed by atoms with Crippen LogP contribution in [0.5, 0.6) is 0 Å². The van der Waals surface area contributed by atoms with Gasteiger partial charge in [0, 0.05) is 6.04 Å². The maximum absolute atomic E-state index is 11.5. The van der Waals surface area contributed by atoms with Gasteiger partial charge in [-0.25, -0.2) is 4.79 Å². The summed E-state index contributed by atoms with van der Waals surface area (Å²) in [6.45, 7) is 7.92. The molecule has 0 amide bonds. The third-order valence-electron chi connectivity index (χ3n) is 2.44. The maximum atomic E-state index is 11.5. The minimum absolute atomic E-state index is 0.172. The van der Waals surface area contributed by atoms with Gasteiger partial charge in [-0.2, -0.15) is 11.8 Å². The van der Waals surface area contributed by atoms with E-state index in [-0.39, 0.29) is 6.10 Å². The number of aliphatic hydroxyl groups excluding tert-OH is 1. The summed E-state index contributed by atoms with van der Waals surface area (Å²) in [5, 5.41) is 10.2. The first-order chi connectivity index (χ1) is 7.88. The Balaban J connectivity index is 3.94. The van der Waals surface area contributed by atoms with E-state index in [4.69, 9.17) is 10.5 Å². The SMILES string of the molecule is CCC(C)OC(=O)C(O)[C@H](N)CCSC(C)C. The fraction of sp³-hybridized carbons (Fsp3) is 0.917. The van der Waals surface area contributed by atoms with Gasteiger partial charge in [0.15, 0.2) is 6.10 Å². The van der Waals surface area contributed by atoms with E-state index in [0.717, 1.165) is 12.2 Å². The highest BCUT2D eigenvalue weighted by molar-refractivity contribution is 7.99. The molecule has 0 aliphatic carbocycles. The Morgan fingerprint density at radius 2 is 2.00 bits per heavy atom. The second kappa shape index (κ2) is 8.78. The predicted molar refractivity (Wildman–Crippen MR) is 72.0 cm³/mol. The molecule has 0 aliphatic heterocycles. The van der Waals surface area contributed by atoms with E-state index in [1.807, 2.05) is 6.92 Å². The zero-order chi connectivity index (χ0) is 13.4. The molecule has 0 bridgehead atoms. The van der Waals surface area contributed by atoms with Gasteiger partial charge in [-0.15, -0.1) is 0 Å². The molecule has 0 saturated heterocycles. The topological polar surface area (TPSA) is 72.5 Å². The highest BCUT2D eigenvalue weighted by Crippen LogP contribution is 2.13. The Bertz CT molecular complexity index is 224. The number of carbonyl (C=O) groups is 1. The van der Waals surface area contributed by atoms with Crippen LogP contribution in [0.4, 0.5) is 0 Å². The minimum atomic E-state index is -1.21. The molecule has 0 aromatic carbocycles. The minimum Gasteiger partial charge on any atom is -0.461 e.